The number of rotatable bonds is 7. The summed E-state index contributed by atoms with van der Waals surface area (Å²) < 4.78 is 29.7. The van der Waals surface area contributed by atoms with Crippen molar-refractivity contribution in [2.24, 2.45) is 0 Å². The standard InChI is InChI=1S/C22H25NO4S/c1-27-22(24)14-11-18-9-12-19(13-10-18)21-8-5-15-23(21)16-17-28(25,26)20-6-3-2-4-7-20/h2-4,6-7,9-14,21H,5,8,15-17H2,1H3/t21-/m0/s1. The van der Waals surface area contributed by atoms with Gasteiger partial charge in [-0.3, -0.25) is 4.90 Å². The summed E-state index contributed by atoms with van der Waals surface area (Å²) in [6.07, 6.45) is 5.18. The van der Waals surface area contributed by atoms with Crippen molar-refractivity contribution >= 4 is 21.9 Å². The summed E-state index contributed by atoms with van der Waals surface area (Å²) >= 11 is 0. The highest BCUT2D eigenvalue weighted by molar-refractivity contribution is 7.91. The monoisotopic (exact) mass is 399 g/mol. The Morgan fingerprint density at radius 1 is 1.14 bits per heavy atom. The molecule has 2 aromatic carbocycles. The number of sulfone groups is 1. The van der Waals surface area contributed by atoms with Crippen molar-refractivity contribution in [3.63, 3.8) is 0 Å². The lowest BCUT2D eigenvalue weighted by Crippen LogP contribution is -2.29. The van der Waals surface area contributed by atoms with Crippen LogP contribution < -0.4 is 0 Å². The van der Waals surface area contributed by atoms with Gasteiger partial charge in [-0.25, -0.2) is 13.2 Å². The maximum Gasteiger partial charge on any atom is 0.330 e. The van der Waals surface area contributed by atoms with E-state index in [1.165, 1.54) is 18.7 Å². The minimum Gasteiger partial charge on any atom is -0.466 e. The van der Waals surface area contributed by atoms with Crippen LogP contribution in [0.5, 0.6) is 0 Å². The van der Waals surface area contributed by atoms with Gasteiger partial charge in [0, 0.05) is 18.7 Å². The van der Waals surface area contributed by atoms with Crippen LogP contribution in [0, 0.1) is 0 Å². The van der Waals surface area contributed by atoms with Gasteiger partial charge in [0.1, 0.15) is 0 Å². The van der Waals surface area contributed by atoms with Crippen molar-refractivity contribution in [1.82, 2.24) is 4.90 Å². The quantitative estimate of drug-likeness (QED) is 0.527. The van der Waals surface area contributed by atoms with E-state index in [2.05, 4.69) is 9.64 Å². The molecule has 0 unspecified atom stereocenters. The Bertz CT molecular complexity index is 921. The van der Waals surface area contributed by atoms with Gasteiger partial charge >= 0.3 is 5.97 Å². The van der Waals surface area contributed by atoms with E-state index in [0.717, 1.165) is 24.9 Å². The lowest BCUT2D eigenvalue weighted by Gasteiger charge is -2.24. The van der Waals surface area contributed by atoms with Crippen molar-refractivity contribution in [1.29, 1.82) is 0 Å². The Morgan fingerprint density at radius 3 is 2.54 bits per heavy atom. The highest BCUT2D eigenvalue weighted by Gasteiger charge is 2.27. The molecule has 0 N–H and O–H groups in total. The Hall–Kier alpha value is -2.44. The molecule has 0 aromatic heterocycles. The molecule has 5 nitrogen and oxygen atoms in total. The van der Waals surface area contributed by atoms with E-state index in [4.69, 9.17) is 0 Å². The zero-order valence-corrected chi connectivity index (χ0v) is 16.8. The lowest BCUT2D eigenvalue weighted by molar-refractivity contribution is -0.134. The number of methoxy groups -OCH3 is 1. The molecule has 2 aromatic rings. The molecule has 0 radical (unpaired) electrons. The molecule has 0 amide bonds. The Morgan fingerprint density at radius 2 is 1.86 bits per heavy atom. The number of esters is 1. The van der Waals surface area contributed by atoms with Gasteiger partial charge in [0.15, 0.2) is 9.84 Å². The van der Waals surface area contributed by atoms with Crippen LogP contribution in [-0.4, -0.2) is 45.2 Å². The maximum atomic E-state index is 12.6. The van der Waals surface area contributed by atoms with Crippen LogP contribution in [0.1, 0.15) is 30.0 Å². The molecule has 148 valence electrons. The van der Waals surface area contributed by atoms with Crippen molar-refractivity contribution in [2.75, 3.05) is 26.0 Å². The molecule has 1 heterocycles. The summed E-state index contributed by atoms with van der Waals surface area (Å²) in [6, 6.07) is 16.9. The van der Waals surface area contributed by atoms with E-state index >= 15 is 0 Å². The third-order valence-corrected chi connectivity index (χ3v) is 6.76. The number of carbonyl (C=O) groups is 1. The number of carbonyl (C=O) groups excluding carboxylic acids is 1. The van der Waals surface area contributed by atoms with Crippen molar-refractivity contribution < 1.29 is 17.9 Å². The molecule has 0 aliphatic carbocycles. The van der Waals surface area contributed by atoms with Crippen molar-refractivity contribution in [3.05, 3.63) is 71.8 Å². The van der Waals surface area contributed by atoms with Gasteiger partial charge in [0.25, 0.3) is 0 Å². The highest BCUT2D eigenvalue weighted by Crippen LogP contribution is 2.32. The number of nitrogens with zero attached hydrogens (tertiary/aromatic N) is 1. The second-order valence-corrected chi connectivity index (χ2v) is 8.96. The molecule has 0 bridgehead atoms. The van der Waals surface area contributed by atoms with Gasteiger partial charge in [-0.15, -0.1) is 0 Å². The summed E-state index contributed by atoms with van der Waals surface area (Å²) in [5.41, 5.74) is 2.09. The van der Waals surface area contributed by atoms with Gasteiger partial charge < -0.3 is 4.74 Å². The fourth-order valence-corrected chi connectivity index (χ4v) is 4.80. The third kappa shape index (κ3) is 5.09. The average molecular weight is 400 g/mol. The second kappa shape index (κ2) is 9.17. The van der Waals surface area contributed by atoms with E-state index < -0.39 is 9.84 Å². The smallest absolute Gasteiger partial charge is 0.330 e. The topological polar surface area (TPSA) is 63.7 Å². The van der Waals surface area contributed by atoms with E-state index in [1.807, 2.05) is 30.3 Å². The van der Waals surface area contributed by atoms with Crippen molar-refractivity contribution in [3.8, 4) is 0 Å². The van der Waals surface area contributed by atoms with E-state index in [1.54, 1.807) is 30.3 Å². The normalized spacial score (nSPS) is 17.8. The molecular weight excluding hydrogens is 374 g/mol. The largest absolute Gasteiger partial charge is 0.466 e. The molecule has 3 rings (SSSR count). The fraction of sp³-hybridized carbons (Fsp3) is 0.318. The lowest BCUT2D eigenvalue weighted by atomic mass is 10.0. The molecule has 0 saturated carbocycles. The van der Waals surface area contributed by atoms with E-state index in [9.17, 15) is 13.2 Å². The summed E-state index contributed by atoms with van der Waals surface area (Å²) in [6.45, 7) is 1.42. The van der Waals surface area contributed by atoms with Crippen LogP contribution in [0.3, 0.4) is 0 Å². The molecule has 1 aliphatic rings. The first kappa shape index (κ1) is 20.3. The molecule has 6 heteroatoms. The SMILES string of the molecule is COC(=O)C=Cc1ccc([C@@H]2CCCN2CCS(=O)(=O)c2ccccc2)cc1. The summed E-state index contributed by atoms with van der Waals surface area (Å²) in [7, 11) is -1.92. The van der Waals surface area contributed by atoms with Gasteiger partial charge in [-0.05, 0) is 48.7 Å². The van der Waals surface area contributed by atoms with Crippen LogP contribution in [0.15, 0.2) is 65.6 Å². The van der Waals surface area contributed by atoms with Gasteiger partial charge in [0.05, 0.1) is 17.8 Å². The minimum absolute atomic E-state index is 0.119. The van der Waals surface area contributed by atoms with Gasteiger partial charge in [-0.2, -0.15) is 0 Å². The minimum atomic E-state index is -3.27. The second-order valence-electron chi connectivity index (χ2n) is 6.85. The van der Waals surface area contributed by atoms with Crippen LogP contribution in [0.2, 0.25) is 0 Å². The first-order valence-corrected chi connectivity index (χ1v) is 11.0. The maximum absolute atomic E-state index is 12.6. The number of likely N-dealkylation sites (tertiary alicyclic amines) is 1. The predicted molar refractivity (Wildman–Crippen MR) is 110 cm³/mol. The summed E-state index contributed by atoms with van der Waals surface area (Å²) in [5.74, 6) is -0.265. The molecule has 0 spiro atoms. The van der Waals surface area contributed by atoms with Gasteiger partial charge in [-0.1, -0.05) is 42.5 Å². The highest BCUT2D eigenvalue weighted by atomic mass is 32.2. The number of hydrogen-bond acceptors (Lipinski definition) is 5. The Kier molecular flexibility index (Phi) is 6.65. The summed E-state index contributed by atoms with van der Waals surface area (Å²) in [4.78, 5) is 13.8. The van der Waals surface area contributed by atoms with Crippen molar-refractivity contribution in [2.45, 2.75) is 23.8 Å². The first-order chi connectivity index (χ1) is 13.5. The third-order valence-electron chi connectivity index (χ3n) is 5.05. The Balaban J connectivity index is 1.64. The number of ether oxygens (including phenoxy) is 1. The summed E-state index contributed by atoms with van der Waals surface area (Å²) in [5, 5.41) is 0. The molecule has 1 saturated heterocycles. The zero-order chi connectivity index (χ0) is 20.0. The molecule has 28 heavy (non-hydrogen) atoms. The average Bonchev–Trinajstić information content (AvgIpc) is 3.20. The molecule has 1 fully saturated rings. The number of hydrogen-bond donors (Lipinski definition) is 0. The van der Waals surface area contributed by atoms with Crippen LogP contribution in [0.25, 0.3) is 6.08 Å². The predicted octanol–water partition coefficient (Wildman–Crippen LogP) is 3.48. The Labute approximate surface area is 166 Å². The first-order valence-electron chi connectivity index (χ1n) is 9.37. The van der Waals surface area contributed by atoms with E-state index in [-0.39, 0.29) is 17.8 Å². The number of benzene rings is 2. The molecular formula is C22H25NO4S. The zero-order valence-electron chi connectivity index (χ0n) is 16.0. The molecule has 1 aliphatic heterocycles. The van der Waals surface area contributed by atoms with Gasteiger partial charge in [0.2, 0.25) is 0 Å². The molecule has 1 atom stereocenters. The van der Waals surface area contributed by atoms with Crippen LogP contribution in [-0.2, 0) is 19.4 Å². The fourth-order valence-electron chi connectivity index (χ4n) is 3.52. The van der Waals surface area contributed by atoms with E-state index in [0.29, 0.717) is 11.4 Å². The van der Waals surface area contributed by atoms with Crippen LogP contribution >= 0.6 is 0 Å². The van der Waals surface area contributed by atoms with Crippen LogP contribution in [0.4, 0.5) is 0 Å².